The third-order valence-corrected chi connectivity index (χ3v) is 6.83. The zero-order chi connectivity index (χ0) is 31.9. The number of aromatic nitrogens is 8. The summed E-state index contributed by atoms with van der Waals surface area (Å²) in [5.41, 5.74) is 21.1. The Morgan fingerprint density at radius 1 is 0.956 bits per heavy atom. The molecule has 10 N–H and O–H groups in total. The third kappa shape index (κ3) is 7.39. The van der Waals surface area contributed by atoms with Gasteiger partial charge in [0, 0.05) is 23.4 Å². The van der Waals surface area contributed by atoms with Crippen LogP contribution in [0, 0.1) is 0 Å². The van der Waals surface area contributed by atoms with Gasteiger partial charge in [-0.15, -0.1) is 5.10 Å². The van der Waals surface area contributed by atoms with Gasteiger partial charge in [-0.25, -0.2) is 19.9 Å². The second-order valence-corrected chi connectivity index (χ2v) is 10.0. The number of carboxylic acid groups (broad SMARTS) is 1. The molecule has 0 saturated heterocycles. The van der Waals surface area contributed by atoms with Crippen LogP contribution in [0.3, 0.4) is 0 Å². The summed E-state index contributed by atoms with van der Waals surface area (Å²) in [6.07, 6.45) is 3.13. The van der Waals surface area contributed by atoms with E-state index in [4.69, 9.17) is 17.2 Å². The molecule has 230 valence electrons. The van der Waals surface area contributed by atoms with E-state index < -0.39 is 23.8 Å². The van der Waals surface area contributed by atoms with Crippen LogP contribution in [0.15, 0.2) is 48.7 Å². The molecule has 2 amide bonds. The van der Waals surface area contributed by atoms with Gasteiger partial charge in [-0.05, 0) is 72.0 Å². The Morgan fingerprint density at radius 3 is 2.49 bits per heavy atom. The fraction of sp³-hybridized carbons (Fsp3) is 0.214. The van der Waals surface area contributed by atoms with E-state index in [1.165, 1.54) is 0 Å². The fourth-order valence-electron chi connectivity index (χ4n) is 4.53. The number of carbonyl (C=O) groups is 3. The number of hydrogen-bond acceptors (Lipinski definition) is 13. The Morgan fingerprint density at radius 2 is 1.76 bits per heavy atom. The number of benzene rings is 2. The maximum atomic E-state index is 12.8. The first-order chi connectivity index (χ1) is 21.7. The van der Waals surface area contributed by atoms with Crippen LogP contribution in [-0.2, 0) is 17.6 Å². The van der Waals surface area contributed by atoms with Gasteiger partial charge in [-0.2, -0.15) is 9.97 Å². The van der Waals surface area contributed by atoms with Crippen molar-refractivity contribution in [1.29, 1.82) is 0 Å². The van der Waals surface area contributed by atoms with Crippen molar-refractivity contribution in [2.24, 2.45) is 0 Å². The summed E-state index contributed by atoms with van der Waals surface area (Å²) in [5, 5.41) is 28.4. The number of amides is 2. The highest BCUT2D eigenvalue weighted by molar-refractivity contribution is 6.00. The highest BCUT2D eigenvalue weighted by atomic mass is 16.4. The first-order valence-corrected chi connectivity index (χ1v) is 13.8. The molecule has 0 saturated carbocycles. The van der Waals surface area contributed by atoms with Crippen LogP contribution in [0.5, 0.6) is 0 Å². The Kier molecular flexibility index (Phi) is 8.97. The molecule has 1 atom stereocenters. The van der Waals surface area contributed by atoms with Crippen LogP contribution in [0.25, 0.3) is 22.6 Å². The zero-order valence-electron chi connectivity index (χ0n) is 23.8. The van der Waals surface area contributed by atoms with Crippen molar-refractivity contribution >= 4 is 46.4 Å². The van der Waals surface area contributed by atoms with E-state index in [1.54, 1.807) is 48.7 Å². The van der Waals surface area contributed by atoms with Crippen molar-refractivity contribution in [3.05, 3.63) is 71.0 Å². The number of fused-ring (bicyclic) bond motifs is 1. The molecule has 0 unspecified atom stereocenters. The van der Waals surface area contributed by atoms with Gasteiger partial charge in [0.15, 0.2) is 22.8 Å². The molecule has 0 fully saturated rings. The van der Waals surface area contributed by atoms with E-state index in [-0.39, 0.29) is 30.6 Å². The normalized spacial score (nSPS) is 11.6. The first kappa shape index (κ1) is 30.2. The third-order valence-electron chi connectivity index (χ3n) is 6.83. The number of tetrazole rings is 1. The number of anilines is 3. The van der Waals surface area contributed by atoms with Crippen molar-refractivity contribution in [3.8, 4) is 11.4 Å². The largest absolute Gasteiger partial charge is 0.480 e. The second-order valence-electron chi connectivity index (χ2n) is 10.0. The molecule has 3 aromatic heterocycles. The van der Waals surface area contributed by atoms with Gasteiger partial charge in [0.2, 0.25) is 5.95 Å². The lowest BCUT2D eigenvalue weighted by Crippen LogP contribution is -2.41. The number of aryl methyl sites for hydroxylation is 2. The summed E-state index contributed by atoms with van der Waals surface area (Å²) in [6.45, 7) is 0.168. The quantitative estimate of drug-likeness (QED) is 0.0748. The molecule has 3 heterocycles. The lowest BCUT2D eigenvalue weighted by Gasteiger charge is -2.15. The minimum atomic E-state index is -1.19. The molecule has 17 nitrogen and oxygen atoms in total. The van der Waals surface area contributed by atoms with Crippen molar-refractivity contribution in [2.75, 3.05) is 23.7 Å². The average Bonchev–Trinajstić information content (AvgIpc) is 3.56. The number of carbonyl (C=O) groups excluding carboxylic acids is 2. The predicted octanol–water partition coefficient (Wildman–Crippen LogP) is 0.525. The minimum Gasteiger partial charge on any atom is -0.480 e. The molecule has 0 spiro atoms. The topological polar surface area (TPSA) is 280 Å². The van der Waals surface area contributed by atoms with E-state index in [9.17, 15) is 19.5 Å². The number of carboxylic acids is 1. The van der Waals surface area contributed by atoms with E-state index >= 15 is 0 Å². The smallest absolute Gasteiger partial charge is 0.326 e. The second kappa shape index (κ2) is 13.4. The summed E-state index contributed by atoms with van der Waals surface area (Å²) in [4.78, 5) is 54.1. The number of rotatable bonds is 12. The number of nitrogens with one attached hydrogen (secondary N) is 3. The van der Waals surface area contributed by atoms with E-state index in [0.717, 1.165) is 5.56 Å². The van der Waals surface area contributed by atoms with Crippen LogP contribution in [0.1, 0.15) is 44.8 Å². The lowest BCUT2D eigenvalue weighted by atomic mass is 10.0. The van der Waals surface area contributed by atoms with E-state index in [1.807, 2.05) is 0 Å². The molecule has 0 aliphatic carbocycles. The maximum Gasteiger partial charge on any atom is 0.326 e. The maximum absolute atomic E-state index is 12.8. The van der Waals surface area contributed by atoms with Crippen LogP contribution in [-0.4, -0.2) is 76.0 Å². The molecule has 0 aliphatic rings. The van der Waals surface area contributed by atoms with Crippen LogP contribution in [0.4, 0.5) is 17.5 Å². The summed E-state index contributed by atoms with van der Waals surface area (Å²) >= 11 is 0. The summed E-state index contributed by atoms with van der Waals surface area (Å²) in [7, 11) is 0. The molecule has 0 aliphatic heterocycles. The Balaban J connectivity index is 1.11. The van der Waals surface area contributed by atoms with Crippen molar-refractivity contribution in [1.82, 2.24) is 51.2 Å². The summed E-state index contributed by atoms with van der Waals surface area (Å²) in [6, 6.07) is 10.4. The van der Waals surface area contributed by atoms with Crippen LogP contribution in [0.2, 0.25) is 0 Å². The Hall–Kier alpha value is -6.26. The van der Waals surface area contributed by atoms with Crippen molar-refractivity contribution in [3.63, 3.8) is 0 Å². The predicted molar refractivity (Wildman–Crippen MR) is 162 cm³/mol. The SMILES string of the molecule is Nc1ccc(C(=O)NCCC[C@H](NC(=O)c2ccc(CCc3cnc4nc(N)nc(N)c4n3)cc2)C(=O)O)c(-c2nnn[nH]2)c1. The number of hydrogen-bond donors (Lipinski definition) is 7. The monoisotopic (exact) mass is 611 g/mol. The van der Waals surface area contributed by atoms with Gasteiger partial charge < -0.3 is 32.9 Å². The van der Waals surface area contributed by atoms with Crippen molar-refractivity contribution < 1.29 is 19.5 Å². The summed E-state index contributed by atoms with van der Waals surface area (Å²) in [5.74, 6) is -1.66. The molecule has 17 heteroatoms. The molecule has 5 rings (SSSR count). The van der Waals surface area contributed by atoms with Crippen molar-refractivity contribution in [2.45, 2.75) is 31.7 Å². The van der Waals surface area contributed by atoms with Crippen LogP contribution >= 0.6 is 0 Å². The molecular formula is C28H29N13O4. The number of aliphatic carboxylic acids is 1. The summed E-state index contributed by atoms with van der Waals surface area (Å²) < 4.78 is 0. The van der Waals surface area contributed by atoms with Gasteiger partial charge in [0.1, 0.15) is 6.04 Å². The zero-order valence-corrected chi connectivity index (χ0v) is 23.8. The number of nitrogens with zero attached hydrogens (tertiary/aromatic N) is 7. The molecule has 45 heavy (non-hydrogen) atoms. The highest BCUT2D eigenvalue weighted by Crippen LogP contribution is 2.22. The lowest BCUT2D eigenvalue weighted by molar-refractivity contribution is -0.139. The molecule has 2 aromatic carbocycles. The highest BCUT2D eigenvalue weighted by Gasteiger charge is 2.21. The van der Waals surface area contributed by atoms with Gasteiger partial charge in [0.25, 0.3) is 11.8 Å². The molecule has 5 aromatic rings. The van der Waals surface area contributed by atoms with Gasteiger partial charge in [0.05, 0.1) is 17.5 Å². The molecule has 0 bridgehead atoms. The number of nitrogens with two attached hydrogens (primary N) is 3. The van der Waals surface area contributed by atoms with E-state index in [2.05, 4.69) is 51.2 Å². The minimum absolute atomic E-state index is 0.0249. The molecular weight excluding hydrogens is 582 g/mol. The van der Waals surface area contributed by atoms with Gasteiger partial charge in [-0.1, -0.05) is 12.1 Å². The Bertz CT molecular complexity index is 1850. The number of H-pyrrole nitrogens is 1. The van der Waals surface area contributed by atoms with E-state index in [0.29, 0.717) is 58.5 Å². The van der Waals surface area contributed by atoms with Crippen LogP contribution < -0.4 is 27.8 Å². The average molecular weight is 612 g/mol. The fourth-order valence-corrected chi connectivity index (χ4v) is 4.53. The Labute approximate surface area is 255 Å². The van der Waals surface area contributed by atoms with Gasteiger partial charge >= 0.3 is 5.97 Å². The number of nitrogen functional groups attached to an aromatic ring is 3. The molecule has 0 radical (unpaired) electrons. The number of aromatic amines is 1. The standard InChI is InChI=1S/C28H29N13O4/c29-16-8-10-18(19(12-16)23-38-40-41-39-23)26(43)32-11-1-2-20(27(44)45)35-25(42)15-6-3-14(4-7-15)5-9-17-13-33-24-21(34-17)22(30)36-28(31)37-24/h3-4,6-8,10,12-13,20H,1-2,5,9,11,29H2,(H,32,43)(H,35,42)(H,44,45)(H,38,39,40,41)(H4,30,31,33,36,37)/t20-/m0/s1. The first-order valence-electron chi connectivity index (χ1n) is 13.8. The van der Waals surface area contributed by atoms with Gasteiger partial charge in [-0.3, -0.25) is 9.59 Å².